The molecule has 0 aliphatic carbocycles. The normalized spacial score (nSPS) is 22.7. The van der Waals surface area contributed by atoms with Gasteiger partial charge in [0.05, 0.1) is 0 Å². The summed E-state index contributed by atoms with van der Waals surface area (Å²) in [6, 6.07) is 7.82. The van der Waals surface area contributed by atoms with Gasteiger partial charge in [0.25, 0.3) is 0 Å². The van der Waals surface area contributed by atoms with Crippen molar-refractivity contribution in [2.24, 2.45) is 0 Å². The molecule has 0 aromatic heterocycles. The molecule has 1 atom stereocenters. The molecule has 0 radical (unpaired) electrons. The molecule has 2 N–H and O–H groups in total. The fraction of sp³-hybridized carbons (Fsp3) is 0.467. The van der Waals surface area contributed by atoms with Gasteiger partial charge in [-0.1, -0.05) is 24.3 Å². The van der Waals surface area contributed by atoms with Gasteiger partial charge in [0.2, 0.25) is 11.8 Å². The first-order chi connectivity index (χ1) is 9.75. The molecule has 20 heavy (non-hydrogen) atoms. The Morgan fingerprint density at radius 3 is 2.90 bits per heavy atom. The summed E-state index contributed by atoms with van der Waals surface area (Å²) in [4.78, 5) is 25.9. The highest BCUT2D eigenvalue weighted by atomic mass is 16.2. The van der Waals surface area contributed by atoms with Gasteiger partial charge in [-0.15, -0.1) is 0 Å². The standard InChI is InChI=1S/C15H19N3O2/c19-13-6-9-18(10-8-16-13)15(20)14-12-4-2-1-3-11(12)5-7-17-14/h1-4,14,17H,5-10H2,(H,16,19). The lowest BCUT2D eigenvalue weighted by Gasteiger charge is -2.30. The molecule has 1 saturated heterocycles. The summed E-state index contributed by atoms with van der Waals surface area (Å²) < 4.78 is 0. The molecular formula is C15H19N3O2. The Bertz CT molecular complexity index is 530. The van der Waals surface area contributed by atoms with Crippen LogP contribution in [0.5, 0.6) is 0 Å². The average molecular weight is 273 g/mol. The molecule has 5 nitrogen and oxygen atoms in total. The Balaban J connectivity index is 1.79. The van der Waals surface area contributed by atoms with Gasteiger partial charge in [-0.2, -0.15) is 0 Å². The van der Waals surface area contributed by atoms with Gasteiger partial charge >= 0.3 is 0 Å². The number of carbonyl (C=O) groups excluding carboxylic acids is 2. The number of amides is 2. The van der Waals surface area contributed by atoms with Gasteiger partial charge in [-0.25, -0.2) is 0 Å². The SMILES string of the molecule is O=C1CCN(C(=O)C2NCCc3ccccc32)CCN1. The van der Waals surface area contributed by atoms with Crippen LogP contribution in [0.3, 0.4) is 0 Å². The van der Waals surface area contributed by atoms with Crippen molar-refractivity contribution >= 4 is 11.8 Å². The van der Waals surface area contributed by atoms with Crippen LogP contribution in [0, 0.1) is 0 Å². The molecule has 1 aromatic carbocycles. The van der Waals surface area contributed by atoms with Crippen LogP contribution >= 0.6 is 0 Å². The Morgan fingerprint density at radius 1 is 1.15 bits per heavy atom. The van der Waals surface area contributed by atoms with Gasteiger partial charge in [0, 0.05) is 32.6 Å². The molecule has 0 saturated carbocycles. The van der Waals surface area contributed by atoms with Crippen LogP contribution in [0.1, 0.15) is 23.6 Å². The largest absolute Gasteiger partial charge is 0.354 e. The fourth-order valence-corrected chi connectivity index (χ4v) is 2.89. The smallest absolute Gasteiger partial charge is 0.244 e. The van der Waals surface area contributed by atoms with Crippen LogP contribution in [0.4, 0.5) is 0 Å². The van der Waals surface area contributed by atoms with E-state index in [1.165, 1.54) is 5.56 Å². The second kappa shape index (κ2) is 5.63. The third-order valence-electron chi connectivity index (χ3n) is 3.98. The van der Waals surface area contributed by atoms with E-state index in [4.69, 9.17) is 0 Å². The molecule has 2 aliphatic rings. The van der Waals surface area contributed by atoms with Crippen molar-refractivity contribution < 1.29 is 9.59 Å². The first-order valence-electron chi connectivity index (χ1n) is 7.12. The first kappa shape index (κ1) is 13.1. The summed E-state index contributed by atoms with van der Waals surface area (Å²) in [6.07, 6.45) is 1.35. The first-order valence-corrected chi connectivity index (χ1v) is 7.12. The molecule has 0 spiro atoms. The number of hydrogen-bond donors (Lipinski definition) is 2. The molecule has 3 rings (SSSR count). The van der Waals surface area contributed by atoms with Crippen molar-refractivity contribution in [3.63, 3.8) is 0 Å². The highest BCUT2D eigenvalue weighted by molar-refractivity contribution is 5.85. The Morgan fingerprint density at radius 2 is 2.00 bits per heavy atom. The molecular weight excluding hydrogens is 254 g/mol. The van der Waals surface area contributed by atoms with Gasteiger partial charge < -0.3 is 15.5 Å². The van der Waals surface area contributed by atoms with E-state index in [1.54, 1.807) is 4.90 Å². The summed E-state index contributed by atoms with van der Waals surface area (Å²) in [5.41, 5.74) is 2.32. The molecule has 2 amide bonds. The van der Waals surface area contributed by atoms with E-state index in [2.05, 4.69) is 16.7 Å². The second-order valence-electron chi connectivity index (χ2n) is 5.26. The zero-order chi connectivity index (χ0) is 13.9. The Kier molecular flexibility index (Phi) is 3.69. The molecule has 2 heterocycles. The number of carbonyl (C=O) groups is 2. The minimum atomic E-state index is -0.270. The number of nitrogens with zero attached hydrogens (tertiary/aromatic N) is 1. The monoisotopic (exact) mass is 273 g/mol. The van der Waals surface area contributed by atoms with Gasteiger partial charge in [-0.05, 0) is 17.5 Å². The van der Waals surface area contributed by atoms with Crippen molar-refractivity contribution in [3.8, 4) is 0 Å². The molecule has 1 aromatic rings. The van der Waals surface area contributed by atoms with Gasteiger partial charge in [0.15, 0.2) is 0 Å². The van der Waals surface area contributed by atoms with Crippen LogP contribution in [0.2, 0.25) is 0 Å². The van der Waals surface area contributed by atoms with E-state index in [0.29, 0.717) is 26.1 Å². The molecule has 1 unspecified atom stereocenters. The lowest BCUT2D eigenvalue weighted by molar-refractivity contribution is -0.133. The van der Waals surface area contributed by atoms with Gasteiger partial charge in [0.1, 0.15) is 6.04 Å². The summed E-state index contributed by atoms with van der Waals surface area (Å²) in [5, 5.41) is 6.11. The number of nitrogens with one attached hydrogen (secondary N) is 2. The Hall–Kier alpha value is -1.88. The van der Waals surface area contributed by atoms with E-state index >= 15 is 0 Å². The summed E-state index contributed by atoms with van der Waals surface area (Å²) >= 11 is 0. The number of fused-ring (bicyclic) bond motifs is 1. The highest BCUT2D eigenvalue weighted by Crippen LogP contribution is 2.24. The van der Waals surface area contributed by atoms with Crippen molar-refractivity contribution in [2.75, 3.05) is 26.2 Å². The number of rotatable bonds is 1. The van der Waals surface area contributed by atoms with Crippen LogP contribution in [-0.4, -0.2) is 42.9 Å². The predicted octanol–water partition coefficient (Wildman–Crippen LogP) is 0.222. The highest BCUT2D eigenvalue weighted by Gasteiger charge is 2.30. The van der Waals surface area contributed by atoms with Crippen LogP contribution in [0.15, 0.2) is 24.3 Å². The maximum absolute atomic E-state index is 12.7. The lowest BCUT2D eigenvalue weighted by Crippen LogP contribution is -2.44. The van der Waals surface area contributed by atoms with Crippen LogP contribution < -0.4 is 10.6 Å². The van der Waals surface area contributed by atoms with Crippen molar-refractivity contribution in [2.45, 2.75) is 18.9 Å². The minimum absolute atomic E-state index is 0.0253. The third kappa shape index (κ3) is 2.54. The van der Waals surface area contributed by atoms with E-state index in [0.717, 1.165) is 18.5 Å². The van der Waals surface area contributed by atoms with Crippen LogP contribution in [-0.2, 0) is 16.0 Å². The maximum Gasteiger partial charge on any atom is 0.244 e. The fourth-order valence-electron chi connectivity index (χ4n) is 2.89. The zero-order valence-corrected chi connectivity index (χ0v) is 11.4. The molecule has 0 bridgehead atoms. The predicted molar refractivity (Wildman–Crippen MR) is 75.1 cm³/mol. The van der Waals surface area contributed by atoms with E-state index in [1.807, 2.05) is 18.2 Å². The topological polar surface area (TPSA) is 61.4 Å². The number of hydrogen-bond acceptors (Lipinski definition) is 3. The summed E-state index contributed by atoms with van der Waals surface area (Å²) in [6.45, 7) is 2.45. The minimum Gasteiger partial charge on any atom is -0.354 e. The molecule has 2 aliphatic heterocycles. The van der Waals surface area contributed by atoms with Crippen molar-refractivity contribution in [1.82, 2.24) is 15.5 Å². The van der Waals surface area contributed by atoms with E-state index in [-0.39, 0.29) is 17.9 Å². The van der Waals surface area contributed by atoms with Crippen molar-refractivity contribution in [1.29, 1.82) is 0 Å². The third-order valence-corrected chi connectivity index (χ3v) is 3.98. The molecule has 106 valence electrons. The number of benzene rings is 1. The lowest BCUT2D eigenvalue weighted by atomic mass is 9.93. The summed E-state index contributed by atoms with van der Waals surface area (Å²) in [7, 11) is 0. The average Bonchev–Trinajstić information content (AvgIpc) is 2.71. The van der Waals surface area contributed by atoms with E-state index in [9.17, 15) is 9.59 Å². The Labute approximate surface area is 118 Å². The molecule has 1 fully saturated rings. The van der Waals surface area contributed by atoms with Crippen molar-refractivity contribution in [3.05, 3.63) is 35.4 Å². The molecule has 5 heteroatoms. The quantitative estimate of drug-likeness (QED) is 0.769. The van der Waals surface area contributed by atoms with Gasteiger partial charge in [-0.3, -0.25) is 9.59 Å². The maximum atomic E-state index is 12.7. The summed E-state index contributed by atoms with van der Waals surface area (Å²) in [5.74, 6) is 0.103. The second-order valence-corrected chi connectivity index (χ2v) is 5.26. The van der Waals surface area contributed by atoms with E-state index < -0.39 is 0 Å². The zero-order valence-electron chi connectivity index (χ0n) is 11.4. The van der Waals surface area contributed by atoms with Crippen LogP contribution in [0.25, 0.3) is 0 Å².